The molecule has 1 rings (SSSR count). The molecule has 0 spiro atoms. The molecule has 1 aromatic rings. The third kappa shape index (κ3) is 6.05. The highest BCUT2D eigenvalue weighted by Gasteiger charge is 2.09. The van der Waals surface area contributed by atoms with Crippen molar-refractivity contribution in [1.29, 1.82) is 0 Å². The van der Waals surface area contributed by atoms with Crippen LogP contribution in [0.1, 0.15) is 24.9 Å². The van der Waals surface area contributed by atoms with Gasteiger partial charge in [0.25, 0.3) is 0 Å². The maximum absolute atomic E-state index is 5.42. The first kappa shape index (κ1) is 16.0. The summed E-state index contributed by atoms with van der Waals surface area (Å²) in [5.41, 5.74) is 1.19. The number of hydrogen-bond acceptors (Lipinski definition) is 4. The number of hydrogen-bond donors (Lipinski definition) is 1. The Kier molecular flexibility index (Phi) is 8.21. The zero-order chi connectivity index (χ0) is 13.9. The average molecular weight is 267 g/mol. The van der Waals surface area contributed by atoms with Crippen molar-refractivity contribution >= 4 is 0 Å². The SMILES string of the molecule is COCCOCCCNC(C)c1ccccc1OC. The fourth-order valence-electron chi connectivity index (χ4n) is 1.87. The normalized spacial score (nSPS) is 12.4. The molecule has 4 nitrogen and oxygen atoms in total. The van der Waals surface area contributed by atoms with Gasteiger partial charge in [-0.05, 0) is 26.0 Å². The van der Waals surface area contributed by atoms with Crippen LogP contribution >= 0.6 is 0 Å². The Morgan fingerprint density at radius 1 is 1.11 bits per heavy atom. The third-order valence-electron chi connectivity index (χ3n) is 2.95. The van der Waals surface area contributed by atoms with Crippen LogP contribution in [0.3, 0.4) is 0 Å². The van der Waals surface area contributed by atoms with Crippen LogP contribution in [0.25, 0.3) is 0 Å². The molecule has 19 heavy (non-hydrogen) atoms. The summed E-state index contributed by atoms with van der Waals surface area (Å²) < 4.78 is 15.7. The summed E-state index contributed by atoms with van der Waals surface area (Å²) in [6.07, 6.45) is 0.989. The fraction of sp³-hybridized carbons (Fsp3) is 0.600. The molecule has 0 saturated carbocycles. The highest BCUT2D eigenvalue weighted by molar-refractivity contribution is 5.35. The molecule has 0 saturated heterocycles. The number of nitrogens with one attached hydrogen (secondary N) is 1. The van der Waals surface area contributed by atoms with E-state index in [0.717, 1.165) is 25.3 Å². The molecule has 0 heterocycles. The van der Waals surface area contributed by atoms with Crippen LogP contribution in [0.4, 0.5) is 0 Å². The lowest BCUT2D eigenvalue weighted by Gasteiger charge is -2.17. The van der Waals surface area contributed by atoms with Crippen LogP contribution in [-0.4, -0.2) is 40.6 Å². The number of methoxy groups -OCH3 is 2. The van der Waals surface area contributed by atoms with Crippen LogP contribution in [0.2, 0.25) is 0 Å². The summed E-state index contributed by atoms with van der Waals surface area (Å²) in [4.78, 5) is 0. The smallest absolute Gasteiger partial charge is 0.123 e. The van der Waals surface area contributed by atoms with Gasteiger partial charge in [0.1, 0.15) is 5.75 Å². The van der Waals surface area contributed by atoms with Crippen LogP contribution in [0.5, 0.6) is 5.75 Å². The number of para-hydroxylation sites is 1. The Morgan fingerprint density at radius 2 is 1.89 bits per heavy atom. The molecule has 0 aromatic heterocycles. The van der Waals surface area contributed by atoms with E-state index in [1.165, 1.54) is 5.56 Å². The summed E-state index contributed by atoms with van der Waals surface area (Å²) in [7, 11) is 3.38. The molecule has 0 aliphatic heterocycles. The molecule has 0 fully saturated rings. The highest BCUT2D eigenvalue weighted by Crippen LogP contribution is 2.23. The monoisotopic (exact) mass is 267 g/mol. The van der Waals surface area contributed by atoms with Gasteiger partial charge in [-0.25, -0.2) is 0 Å². The van der Waals surface area contributed by atoms with Crippen molar-refractivity contribution in [2.45, 2.75) is 19.4 Å². The lowest BCUT2D eigenvalue weighted by Crippen LogP contribution is -2.21. The third-order valence-corrected chi connectivity index (χ3v) is 2.95. The van der Waals surface area contributed by atoms with Crippen LogP contribution in [0.15, 0.2) is 24.3 Å². The molecule has 1 atom stereocenters. The molecule has 1 unspecified atom stereocenters. The van der Waals surface area contributed by atoms with E-state index in [-0.39, 0.29) is 6.04 Å². The van der Waals surface area contributed by atoms with Crippen molar-refractivity contribution in [1.82, 2.24) is 5.32 Å². The Morgan fingerprint density at radius 3 is 2.63 bits per heavy atom. The first-order valence-corrected chi connectivity index (χ1v) is 6.72. The lowest BCUT2D eigenvalue weighted by molar-refractivity contribution is 0.0693. The molecule has 108 valence electrons. The summed E-state index contributed by atoms with van der Waals surface area (Å²) in [5, 5.41) is 3.47. The van der Waals surface area contributed by atoms with Gasteiger partial charge < -0.3 is 19.5 Å². The highest BCUT2D eigenvalue weighted by atomic mass is 16.5. The summed E-state index contributed by atoms with van der Waals surface area (Å²) in [6, 6.07) is 8.37. The lowest BCUT2D eigenvalue weighted by atomic mass is 10.1. The standard InChI is InChI=1S/C15H25NO3/c1-13(14-7-4-5-8-15(14)18-3)16-9-6-10-19-12-11-17-2/h4-5,7-8,13,16H,6,9-12H2,1-3H3. The first-order chi connectivity index (χ1) is 9.29. The molecule has 0 aliphatic rings. The van der Waals surface area contributed by atoms with Gasteiger partial charge in [0, 0.05) is 25.3 Å². The Labute approximate surface area is 116 Å². The molecule has 0 amide bonds. The van der Waals surface area contributed by atoms with Crippen LogP contribution in [-0.2, 0) is 9.47 Å². The average Bonchev–Trinajstić information content (AvgIpc) is 2.46. The number of ether oxygens (including phenoxy) is 3. The number of benzene rings is 1. The number of rotatable bonds is 10. The van der Waals surface area contributed by atoms with E-state index < -0.39 is 0 Å². The van der Waals surface area contributed by atoms with E-state index in [1.807, 2.05) is 18.2 Å². The first-order valence-electron chi connectivity index (χ1n) is 6.72. The second-order valence-corrected chi connectivity index (χ2v) is 4.38. The molecule has 1 aromatic carbocycles. The minimum absolute atomic E-state index is 0.273. The predicted octanol–water partition coefficient (Wildman–Crippen LogP) is 2.40. The molecular formula is C15H25NO3. The second kappa shape index (κ2) is 9.78. The van der Waals surface area contributed by atoms with Gasteiger partial charge in [-0.15, -0.1) is 0 Å². The summed E-state index contributed by atoms with van der Waals surface area (Å²) >= 11 is 0. The largest absolute Gasteiger partial charge is 0.496 e. The van der Waals surface area contributed by atoms with E-state index in [4.69, 9.17) is 14.2 Å². The van der Waals surface area contributed by atoms with Crippen molar-refractivity contribution in [3.63, 3.8) is 0 Å². The summed E-state index contributed by atoms with van der Waals surface area (Å²) in [6.45, 7) is 5.15. The predicted molar refractivity (Wildman–Crippen MR) is 76.7 cm³/mol. The van der Waals surface area contributed by atoms with Gasteiger partial charge in [-0.1, -0.05) is 18.2 Å². The van der Waals surface area contributed by atoms with E-state index in [9.17, 15) is 0 Å². The molecule has 0 aliphatic carbocycles. The second-order valence-electron chi connectivity index (χ2n) is 4.38. The Bertz CT molecular complexity index is 344. The quantitative estimate of drug-likeness (QED) is 0.661. The van der Waals surface area contributed by atoms with Gasteiger partial charge in [0.05, 0.1) is 20.3 Å². The van der Waals surface area contributed by atoms with Crippen molar-refractivity contribution in [2.75, 3.05) is 40.6 Å². The Hall–Kier alpha value is -1.10. The van der Waals surface area contributed by atoms with Crippen molar-refractivity contribution in [3.8, 4) is 5.75 Å². The molecule has 0 bridgehead atoms. The topological polar surface area (TPSA) is 39.7 Å². The van der Waals surface area contributed by atoms with Gasteiger partial charge in [-0.2, -0.15) is 0 Å². The maximum Gasteiger partial charge on any atom is 0.123 e. The van der Waals surface area contributed by atoms with Gasteiger partial charge in [0.15, 0.2) is 0 Å². The Balaban J connectivity index is 2.22. The van der Waals surface area contributed by atoms with E-state index >= 15 is 0 Å². The van der Waals surface area contributed by atoms with E-state index in [1.54, 1.807) is 14.2 Å². The molecular weight excluding hydrogens is 242 g/mol. The fourth-order valence-corrected chi connectivity index (χ4v) is 1.87. The van der Waals surface area contributed by atoms with Gasteiger partial charge >= 0.3 is 0 Å². The minimum Gasteiger partial charge on any atom is -0.496 e. The van der Waals surface area contributed by atoms with Crippen molar-refractivity contribution in [2.24, 2.45) is 0 Å². The van der Waals surface area contributed by atoms with E-state index in [2.05, 4.69) is 18.3 Å². The molecule has 4 heteroatoms. The zero-order valence-corrected chi connectivity index (χ0v) is 12.1. The van der Waals surface area contributed by atoms with E-state index in [0.29, 0.717) is 13.2 Å². The summed E-state index contributed by atoms with van der Waals surface area (Å²) in [5.74, 6) is 0.929. The minimum atomic E-state index is 0.273. The van der Waals surface area contributed by atoms with Crippen molar-refractivity contribution in [3.05, 3.63) is 29.8 Å². The van der Waals surface area contributed by atoms with Gasteiger partial charge in [-0.3, -0.25) is 0 Å². The van der Waals surface area contributed by atoms with Crippen molar-refractivity contribution < 1.29 is 14.2 Å². The molecule has 0 radical (unpaired) electrons. The van der Waals surface area contributed by atoms with Crippen LogP contribution in [0, 0.1) is 0 Å². The zero-order valence-electron chi connectivity index (χ0n) is 12.1. The van der Waals surface area contributed by atoms with Crippen LogP contribution < -0.4 is 10.1 Å². The molecule has 1 N–H and O–H groups in total. The van der Waals surface area contributed by atoms with Gasteiger partial charge in [0.2, 0.25) is 0 Å². The maximum atomic E-state index is 5.42.